The van der Waals surface area contributed by atoms with Crippen LogP contribution in [0.3, 0.4) is 0 Å². The summed E-state index contributed by atoms with van der Waals surface area (Å²) in [6.45, 7) is 3.88. The maximum atomic E-state index is 13.9. The molecule has 1 aromatic heterocycles. The van der Waals surface area contributed by atoms with Crippen molar-refractivity contribution in [1.82, 2.24) is 14.8 Å². The highest BCUT2D eigenvalue weighted by atomic mass is 32.2. The van der Waals surface area contributed by atoms with Crippen LogP contribution in [0.15, 0.2) is 59.8 Å². The minimum atomic E-state index is -1.66. The van der Waals surface area contributed by atoms with Crippen LogP contribution in [0.2, 0.25) is 0 Å². The van der Waals surface area contributed by atoms with Crippen molar-refractivity contribution >= 4 is 23.4 Å². The molecule has 0 bridgehead atoms. The lowest BCUT2D eigenvalue weighted by Crippen LogP contribution is -2.16. The summed E-state index contributed by atoms with van der Waals surface area (Å²) in [5, 5.41) is 21.4. The van der Waals surface area contributed by atoms with E-state index in [1.807, 2.05) is 32.0 Å². The number of carbonyl (C=O) groups excluding carboxylic acids is 1. The standard InChI is InChI=1S/C24H19F3N4O2S/c1-13-7-10-18(14(2)11-13)31-23(15-5-3-4-6-19(15)32)29-30-24(31)34-12-20(33)28-17-9-8-16(25)21(26)22(17)27/h3-11,32H,12H2,1-2H3,(H,28,33). The molecule has 0 saturated heterocycles. The van der Waals surface area contributed by atoms with Gasteiger partial charge in [0.1, 0.15) is 5.75 Å². The third kappa shape index (κ3) is 4.62. The van der Waals surface area contributed by atoms with E-state index < -0.39 is 29.0 Å². The maximum absolute atomic E-state index is 13.9. The van der Waals surface area contributed by atoms with Gasteiger partial charge in [0.15, 0.2) is 28.4 Å². The van der Waals surface area contributed by atoms with E-state index in [-0.39, 0.29) is 11.5 Å². The van der Waals surface area contributed by atoms with Gasteiger partial charge in [-0.2, -0.15) is 0 Å². The third-order valence-corrected chi connectivity index (χ3v) is 5.94. The Kier molecular flexibility index (Phi) is 6.60. The van der Waals surface area contributed by atoms with Gasteiger partial charge < -0.3 is 10.4 Å². The first-order chi connectivity index (χ1) is 16.3. The number of nitrogens with zero attached hydrogens (tertiary/aromatic N) is 3. The Hall–Kier alpha value is -3.79. The van der Waals surface area contributed by atoms with E-state index in [1.54, 1.807) is 22.8 Å². The zero-order chi connectivity index (χ0) is 24.4. The fourth-order valence-corrected chi connectivity index (χ4v) is 4.16. The molecule has 0 aliphatic heterocycles. The molecular weight excluding hydrogens is 465 g/mol. The van der Waals surface area contributed by atoms with Crippen molar-refractivity contribution in [2.45, 2.75) is 19.0 Å². The number of amides is 1. The number of aromatic hydroxyl groups is 1. The third-order valence-electron chi connectivity index (χ3n) is 5.01. The fourth-order valence-electron chi connectivity index (χ4n) is 3.41. The molecule has 174 valence electrons. The second kappa shape index (κ2) is 9.60. The van der Waals surface area contributed by atoms with E-state index >= 15 is 0 Å². The smallest absolute Gasteiger partial charge is 0.234 e. The molecule has 0 aliphatic carbocycles. The molecule has 4 aromatic rings. The van der Waals surface area contributed by atoms with Crippen molar-refractivity contribution in [3.8, 4) is 22.8 Å². The van der Waals surface area contributed by atoms with Crippen LogP contribution >= 0.6 is 11.8 Å². The Balaban J connectivity index is 1.65. The van der Waals surface area contributed by atoms with Gasteiger partial charge in [-0.25, -0.2) is 13.2 Å². The topological polar surface area (TPSA) is 80.0 Å². The number of thioether (sulfide) groups is 1. The largest absolute Gasteiger partial charge is 0.507 e. The van der Waals surface area contributed by atoms with Gasteiger partial charge in [0.05, 0.1) is 22.7 Å². The Morgan fingerprint density at radius 1 is 1.03 bits per heavy atom. The molecule has 0 saturated carbocycles. The van der Waals surface area contributed by atoms with Crippen molar-refractivity contribution < 1.29 is 23.1 Å². The number of aromatic nitrogens is 3. The molecule has 0 fully saturated rings. The first-order valence-electron chi connectivity index (χ1n) is 10.1. The summed E-state index contributed by atoms with van der Waals surface area (Å²) < 4.78 is 42.2. The monoisotopic (exact) mass is 484 g/mol. The van der Waals surface area contributed by atoms with E-state index in [0.717, 1.165) is 40.7 Å². The molecule has 10 heteroatoms. The highest BCUT2D eigenvalue weighted by Crippen LogP contribution is 2.34. The van der Waals surface area contributed by atoms with Crippen LogP contribution in [-0.4, -0.2) is 31.5 Å². The number of hydrogen-bond acceptors (Lipinski definition) is 5. The Morgan fingerprint density at radius 3 is 2.53 bits per heavy atom. The normalized spacial score (nSPS) is 11.0. The summed E-state index contributed by atoms with van der Waals surface area (Å²) in [7, 11) is 0. The summed E-state index contributed by atoms with van der Waals surface area (Å²) in [6, 6.07) is 14.2. The maximum Gasteiger partial charge on any atom is 0.234 e. The zero-order valence-corrected chi connectivity index (χ0v) is 19.0. The Bertz CT molecular complexity index is 1390. The summed E-state index contributed by atoms with van der Waals surface area (Å²) in [4.78, 5) is 12.4. The molecule has 4 rings (SSSR count). The van der Waals surface area contributed by atoms with Gasteiger partial charge in [-0.1, -0.05) is 41.6 Å². The number of aryl methyl sites for hydroxylation is 2. The van der Waals surface area contributed by atoms with Gasteiger partial charge in [-0.3, -0.25) is 9.36 Å². The van der Waals surface area contributed by atoms with Gasteiger partial charge in [0.25, 0.3) is 0 Å². The molecule has 0 aliphatic rings. The lowest BCUT2D eigenvalue weighted by atomic mass is 10.1. The predicted molar refractivity (Wildman–Crippen MR) is 124 cm³/mol. The number of rotatable bonds is 6. The van der Waals surface area contributed by atoms with Crippen LogP contribution in [0.25, 0.3) is 17.1 Å². The van der Waals surface area contributed by atoms with Crippen molar-refractivity contribution in [1.29, 1.82) is 0 Å². The van der Waals surface area contributed by atoms with E-state index in [0.29, 0.717) is 16.5 Å². The Labute approximate surface area is 197 Å². The lowest BCUT2D eigenvalue weighted by molar-refractivity contribution is -0.113. The number of para-hydroxylation sites is 1. The van der Waals surface area contributed by atoms with Gasteiger partial charge in [-0.05, 0) is 49.7 Å². The molecule has 0 atom stereocenters. The number of benzene rings is 3. The van der Waals surface area contributed by atoms with Crippen LogP contribution in [0.4, 0.5) is 18.9 Å². The molecule has 34 heavy (non-hydrogen) atoms. The minimum absolute atomic E-state index is 0.0176. The van der Waals surface area contributed by atoms with Gasteiger partial charge in [-0.15, -0.1) is 10.2 Å². The van der Waals surface area contributed by atoms with E-state index in [1.165, 1.54) is 6.07 Å². The van der Waals surface area contributed by atoms with E-state index in [9.17, 15) is 23.1 Å². The first-order valence-corrected chi connectivity index (χ1v) is 11.1. The molecule has 0 unspecified atom stereocenters. The van der Waals surface area contributed by atoms with Crippen molar-refractivity contribution in [2.24, 2.45) is 0 Å². The summed E-state index contributed by atoms with van der Waals surface area (Å²) in [6.07, 6.45) is 0. The van der Waals surface area contributed by atoms with Crippen LogP contribution in [-0.2, 0) is 4.79 Å². The predicted octanol–water partition coefficient (Wildman–Crippen LogP) is 5.40. The number of halogens is 3. The summed E-state index contributed by atoms with van der Waals surface area (Å²) >= 11 is 1.02. The molecule has 2 N–H and O–H groups in total. The first kappa shape index (κ1) is 23.4. The minimum Gasteiger partial charge on any atom is -0.507 e. The average Bonchev–Trinajstić information content (AvgIpc) is 3.22. The molecule has 1 heterocycles. The van der Waals surface area contributed by atoms with Crippen molar-refractivity contribution in [2.75, 3.05) is 11.1 Å². The van der Waals surface area contributed by atoms with E-state index in [4.69, 9.17) is 0 Å². The van der Waals surface area contributed by atoms with Crippen LogP contribution < -0.4 is 5.32 Å². The van der Waals surface area contributed by atoms with E-state index in [2.05, 4.69) is 15.5 Å². The van der Waals surface area contributed by atoms with Crippen LogP contribution in [0, 0.1) is 31.3 Å². The SMILES string of the molecule is Cc1ccc(-n2c(SCC(=O)Nc3ccc(F)c(F)c3F)nnc2-c2ccccc2O)c(C)c1. The summed E-state index contributed by atoms with van der Waals surface area (Å²) in [5.74, 6) is -4.94. The van der Waals surface area contributed by atoms with Gasteiger partial charge >= 0.3 is 0 Å². The number of phenolic OH excluding ortho intramolecular Hbond substituents is 1. The molecular formula is C24H19F3N4O2S. The number of nitrogens with one attached hydrogen (secondary N) is 1. The highest BCUT2D eigenvalue weighted by Gasteiger charge is 2.21. The van der Waals surface area contributed by atoms with Crippen molar-refractivity contribution in [3.05, 3.63) is 83.2 Å². The van der Waals surface area contributed by atoms with Gasteiger partial charge in [0.2, 0.25) is 5.91 Å². The van der Waals surface area contributed by atoms with Crippen molar-refractivity contribution in [3.63, 3.8) is 0 Å². The molecule has 1 amide bonds. The second-order valence-electron chi connectivity index (χ2n) is 7.51. The summed E-state index contributed by atoms with van der Waals surface area (Å²) in [5.41, 5.74) is 2.72. The quantitative estimate of drug-likeness (QED) is 0.283. The fraction of sp³-hybridized carbons (Fsp3) is 0.125. The number of hydrogen-bond donors (Lipinski definition) is 2. The van der Waals surface area contributed by atoms with Crippen LogP contribution in [0.1, 0.15) is 11.1 Å². The van der Waals surface area contributed by atoms with Crippen LogP contribution in [0.5, 0.6) is 5.75 Å². The second-order valence-corrected chi connectivity index (χ2v) is 8.45. The molecule has 0 radical (unpaired) electrons. The highest BCUT2D eigenvalue weighted by molar-refractivity contribution is 7.99. The molecule has 3 aromatic carbocycles. The lowest BCUT2D eigenvalue weighted by Gasteiger charge is -2.14. The molecule has 6 nitrogen and oxygen atoms in total. The number of anilines is 1. The number of carbonyl (C=O) groups is 1. The molecule has 0 spiro atoms. The zero-order valence-electron chi connectivity index (χ0n) is 18.1. The number of phenols is 1. The Morgan fingerprint density at radius 2 is 1.79 bits per heavy atom. The van der Waals surface area contributed by atoms with Gasteiger partial charge in [0, 0.05) is 0 Å². The average molecular weight is 485 g/mol.